The average Bonchev–Trinajstić information content (AvgIpc) is 3.03. The third-order valence-electron chi connectivity index (χ3n) is 3.69. The number of nitrogens with one attached hydrogen (secondary N) is 3. The lowest BCUT2D eigenvalue weighted by Gasteiger charge is -2.16. The van der Waals surface area contributed by atoms with E-state index in [1.54, 1.807) is 17.6 Å². The van der Waals surface area contributed by atoms with E-state index in [2.05, 4.69) is 25.3 Å². The number of aromatic nitrogens is 4. The Hall–Kier alpha value is -2.95. The van der Waals surface area contributed by atoms with Crippen LogP contribution in [0.15, 0.2) is 24.7 Å². The highest BCUT2D eigenvalue weighted by molar-refractivity contribution is 6.31. The monoisotopic (exact) mass is 416 g/mol. The summed E-state index contributed by atoms with van der Waals surface area (Å²) in [5, 5.41) is 5.14. The zero-order valence-electron chi connectivity index (χ0n) is 14.2. The first-order valence-electron chi connectivity index (χ1n) is 7.90. The maximum Gasteiger partial charge on any atom is 0.405 e. The standard InChI is InChI=1S/C16H13ClF4N6O/c1-7(15(28)25-6-16(19,20)21)26-14-11(18)5-24-13(27-14)10-4-23-12-9(10)2-8(17)3-22-12/h2-5,7H,6H2,1H3,(H,22,23)(H,25,28)(H,24,26,27)/t7-/m1/s1. The van der Waals surface area contributed by atoms with Crippen LogP contribution in [0.25, 0.3) is 22.4 Å². The van der Waals surface area contributed by atoms with Gasteiger partial charge in [0, 0.05) is 23.3 Å². The Bertz CT molecular complexity index is 1020. The van der Waals surface area contributed by atoms with Gasteiger partial charge in [-0.1, -0.05) is 11.6 Å². The topological polar surface area (TPSA) is 95.6 Å². The van der Waals surface area contributed by atoms with Crippen LogP contribution in [0.5, 0.6) is 0 Å². The lowest BCUT2D eigenvalue weighted by Crippen LogP contribution is -2.42. The van der Waals surface area contributed by atoms with Crippen molar-refractivity contribution in [3.05, 3.63) is 35.5 Å². The Labute approximate surface area is 160 Å². The summed E-state index contributed by atoms with van der Waals surface area (Å²) in [4.78, 5) is 26.7. The first-order valence-corrected chi connectivity index (χ1v) is 8.28. The molecular formula is C16H13ClF4N6O. The summed E-state index contributed by atoms with van der Waals surface area (Å²) >= 11 is 5.94. The van der Waals surface area contributed by atoms with E-state index in [9.17, 15) is 22.4 Å². The van der Waals surface area contributed by atoms with Gasteiger partial charge in [-0.3, -0.25) is 4.79 Å². The minimum absolute atomic E-state index is 0.113. The number of nitrogens with zero attached hydrogens (tertiary/aromatic N) is 3. The second-order valence-electron chi connectivity index (χ2n) is 5.84. The number of carbonyl (C=O) groups is 1. The van der Waals surface area contributed by atoms with E-state index in [4.69, 9.17) is 11.6 Å². The number of hydrogen-bond acceptors (Lipinski definition) is 5. The molecule has 148 valence electrons. The number of rotatable bonds is 5. The van der Waals surface area contributed by atoms with Gasteiger partial charge in [-0.2, -0.15) is 13.2 Å². The van der Waals surface area contributed by atoms with Crippen LogP contribution in [-0.4, -0.2) is 44.6 Å². The minimum atomic E-state index is -4.55. The molecule has 0 aromatic carbocycles. The van der Waals surface area contributed by atoms with Gasteiger partial charge in [-0.15, -0.1) is 0 Å². The van der Waals surface area contributed by atoms with Gasteiger partial charge in [-0.05, 0) is 13.0 Å². The molecule has 0 radical (unpaired) electrons. The molecule has 0 unspecified atom stereocenters. The number of alkyl halides is 3. The highest BCUT2D eigenvalue weighted by Gasteiger charge is 2.29. The quantitative estimate of drug-likeness (QED) is 0.555. The SMILES string of the molecule is C[C@@H](Nc1nc(-c2c[nH]c3ncc(Cl)cc23)ncc1F)C(=O)NCC(F)(F)F. The van der Waals surface area contributed by atoms with Crippen LogP contribution in [0.2, 0.25) is 5.02 Å². The second-order valence-corrected chi connectivity index (χ2v) is 6.28. The summed E-state index contributed by atoms with van der Waals surface area (Å²) in [6.07, 6.45) is -0.649. The lowest BCUT2D eigenvalue weighted by molar-refractivity contribution is -0.138. The number of aromatic amines is 1. The van der Waals surface area contributed by atoms with Crippen LogP contribution in [0.4, 0.5) is 23.4 Å². The first-order chi connectivity index (χ1) is 13.1. The van der Waals surface area contributed by atoms with Crippen molar-refractivity contribution in [3.8, 4) is 11.4 Å². The molecule has 3 aromatic heterocycles. The molecule has 28 heavy (non-hydrogen) atoms. The number of anilines is 1. The number of carbonyl (C=O) groups excluding carboxylic acids is 1. The van der Waals surface area contributed by atoms with E-state index in [1.165, 1.54) is 13.1 Å². The minimum Gasteiger partial charge on any atom is -0.356 e. The largest absolute Gasteiger partial charge is 0.405 e. The van der Waals surface area contributed by atoms with Crippen LogP contribution in [-0.2, 0) is 4.79 Å². The van der Waals surface area contributed by atoms with Gasteiger partial charge in [0.2, 0.25) is 5.91 Å². The van der Waals surface area contributed by atoms with Crippen LogP contribution in [0.3, 0.4) is 0 Å². The number of amides is 1. The maximum absolute atomic E-state index is 14.0. The summed E-state index contributed by atoms with van der Waals surface area (Å²) in [6.45, 7) is -0.208. The third-order valence-corrected chi connectivity index (χ3v) is 3.90. The van der Waals surface area contributed by atoms with Crippen molar-refractivity contribution in [1.29, 1.82) is 0 Å². The summed E-state index contributed by atoms with van der Waals surface area (Å²) < 4.78 is 50.7. The van der Waals surface area contributed by atoms with Crippen LogP contribution in [0, 0.1) is 5.82 Å². The van der Waals surface area contributed by atoms with Crippen LogP contribution < -0.4 is 10.6 Å². The number of pyridine rings is 1. The predicted molar refractivity (Wildman–Crippen MR) is 94.2 cm³/mol. The molecule has 12 heteroatoms. The molecule has 0 aliphatic rings. The summed E-state index contributed by atoms with van der Waals surface area (Å²) in [7, 11) is 0. The fraction of sp³-hybridized carbons (Fsp3) is 0.250. The van der Waals surface area contributed by atoms with Crippen molar-refractivity contribution in [3.63, 3.8) is 0 Å². The molecule has 3 aromatic rings. The van der Waals surface area contributed by atoms with E-state index < -0.39 is 30.5 Å². The molecule has 0 spiro atoms. The van der Waals surface area contributed by atoms with Crippen molar-refractivity contribution in [2.45, 2.75) is 19.1 Å². The van der Waals surface area contributed by atoms with E-state index >= 15 is 0 Å². The Kier molecular flexibility index (Phi) is 5.36. The third kappa shape index (κ3) is 4.47. The van der Waals surface area contributed by atoms with Gasteiger partial charge < -0.3 is 15.6 Å². The number of hydrogen-bond donors (Lipinski definition) is 3. The molecule has 0 aliphatic carbocycles. The number of H-pyrrole nitrogens is 1. The van der Waals surface area contributed by atoms with Crippen molar-refractivity contribution in [2.24, 2.45) is 0 Å². The average molecular weight is 417 g/mol. The summed E-state index contributed by atoms with van der Waals surface area (Å²) in [5.41, 5.74) is 1.00. The smallest absolute Gasteiger partial charge is 0.356 e. The fourth-order valence-corrected chi connectivity index (χ4v) is 2.53. The molecule has 7 nitrogen and oxygen atoms in total. The van der Waals surface area contributed by atoms with Gasteiger partial charge in [0.25, 0.3) is 0 Å². The molecule has 3 heterocycles. The zero-order valence-corrected chi connectivity index (χ0v) is 15.0. The molecule has 1 atom stereocenters. The maximum atomic E-state index is 14.0. The van der Waals surface area contributed by atoms with Gasteiger partial charge in [0.1, 0.15) is 18.2 Å². The predicted octanol–water partition coefficient (Wildman–Crippen LogP) is 3.29. The highest BCUT2D eigenvalue weighted by atomic mass is 35.5. The Morgan fingerprint density at radius 2 is 2.07 bits per heavy atom. The number of halogens is 5. The normalized spacial score (nSPS) is 12.8. The Morgan fingerprint density at radius 1 is 1.32 bits per heavy atom. The molecule has 1 amide bonds. The van der Waals surface area contributed by atoms with Crippen molar-refractivity contribution >= 4 is 34.4 Å². The van der Waals surface area contributed by atoms with Crippen LogP contribution >= 0.6 is 11.6 Å². The molecule has 0 saturated heterocycles. The second kappa shape index (κ2) is 7.58. The fourth-order valence-electron chi connectivity index (χ4n) is 2.37. The lowest BCUT2D eigenvalue weighted by atomic mass is 10.2. The molecule has 3 N–H and O–H groups in total. The van der Waals surface area contributed by atoms with Crippen molar-refractivity contribution in [2.75, 3.05) is 11.9 Å². The highest BCUT2D eigenvalue weighted by Crippen LogP contribution is 2.28. The van der Waals surface area contributed by atoms with Gasteiger partial charge >= 0.3 is 6.18 Å². The molecule has 0 saturated carbocycles. The molecule has 0 fully saturated rings. The summed E-state index contributed by atoms with van der Waals surface area (Å²) in [6, 6.07) is 0.460. The van der Waals surface area contributed by atoms with Gasteiger partial charge in [-0.25, -0.2) is 19.3 Å². The van der Waals surface area contributed by atoms with E-state index in [-0.39, 0.29) is 11.6 Å². The molecular weight excluding hydrogens is 404 g/mol. The van der Waals surface area contributed by atoms with E-state index in [0.29, 0.717) is 21.6 Å². The summed E-state index contributed by atoms with van der Waals surface area (Å²) in [5.74, 6) is -2.04. The number of fused-ring (bicyclic) bond motifs is 1. The van der Waals surface area contributed by atoms with E-state index in [0.717, 1.165) is 6.20 Å². The Balaban J connectivity index is 1.83. The zero-order chi connectivity index (χ0) is 20.5. The molecule has 0 aliphatic heterocycles. The van der Waals surface area contributed by atoms with Gasteiger partial charge in [0.05, 0.1) is 11.2 Å². The van der Waals surface area contributed by atoms with Gasteiger partial charge in [0.15, 0.2) is 17.5 Å². The molecule has 0 bridgehead atoms. The first kappa shape index (κ1) is 19.8. The van der Waals surface area contributed by atoms with Crippen molar-refractivity contribution < 1.29 is 22.4 Å². The molecule has 3 rings (SSSR count). The van der Waals surface area contributed by atoms with Crippen LogP contribution in [0.1, 0.15) is 6.92 Å². The van der Waals surface area contributed by atoms with Crippen molar-refractivity contribution in [1.82, 2.24) is 25.3 Å². The van der Waals surface area contributed by atoms with E-state index in [1.807, 2.05) is 0 Å². The Morgan fingerprint density at radius 3 is 2.79 bits per heavy atom.